The van der Waals surface area contributed by atoms with Crippen LogP contribution in [0.4, 0.5) is 11.4 Å². The first kappa shape index (κ1) is 17.5. The average Bonchev–Trinajstić information content (AvgIpc) is 2.64. The lowest BCUT2D eigenvalue weighted by Gasteiger charge is -2.29. The number of methoxy groups -OCH3 is 1. The first-order chi connectivity index (χ1) is 12.5. The van der Waals surface area contributed by atoms with Gasteiger partial charge in [-0.05, 0) is 36.8 Å². The van der Waals surface area contributed by atoms with Crippen LogP contribution in [-0.4, -0.2) is 38.0 Å². The van der Waals surface area contributed by atoms with E-state index in [1.807, 2.05) is 19.1 Å². The van der Waals surface area contributed by atoms with Gasteiger partial charge in [0.2, 0.25) is 5.91 Å². The van der Waals surface area contributed by atoms with Crippen molar-refractivity contribution < 1.29 is 23.9 Å². The number of benzene rings is 2. The van der Waals surface area contributed by atoms with Gasteiger partial charge in [-0.15, -0.1) is 0 Å². The lowest BCUT2D eigenvalue weighted by atomic mass is 10.1. The van der Waals surface area contributed by atoms with Crippen molar-refractivity contribution in [2.75, 3.05) is 30.5 Å². The second kappa shape index (κ2) is 7.26. The Morgan fingerprint density at radius 1 is 1.23 bits per heavy atom. The molecule has 3 rings (SSSR count). The van der Waals surface area contributed by atoms with E-state index >= 15 is 0 Å². The van der Waals surface area contributed by atoms with Crippen molar-refractivity contribution in [3.63, 3.8) is 0 Å². The number of rotatable bonds is 4. The van der Waals surface area contributed by atoms with E-state index < -0.39 is 11.9 Å². The average molecular weight is 354 g/mol. The maximum absolute atomic E-state index is 12.5. The van der Waals surface area contributed by atoms with E-state index in [-0.39, 0.29) is 24.6 Å². The molecule has 134 valence electrons. The zero-order chi connectivity index (χ0) is 18.7. The van der Waals surface area contributed by atoms with Gasteiger partial charge in [-0.3, -0.25) is 14.5 Å². The Bertz CT molecular complexity index is 878. The molecule has 0 saturated heterocycles. The van der Waals surface area contributed by atoms with Gasteiger partial charge in [0.25, 0.3) is 5.91 Å². The van der Waals surface area contributed by atoms with Gasteiger partial charge in [-0.1, -0.05) is 18.2 Å². The third-order valence-electron chi connectivity index (χ3n) is 3.97. The molecule has 2 aromatic carbocycles. The Labute approximate surface area is 150 Å². The number of aryl methyl sites for hydroxylation is 1. The number of hydrogen-bond acceptors (Lipinski definition) is 5. The Morgan fingerprint density at radius 3 is 2.77 bits per heavy atom. The van der Waals surface area contributed by atoms with Gasteiger partial charge in [0.1, 0.15) is 12.3 Å². The summed E-state index contributed by atoms with van der Waals surface area (Å²) in [5.41, 5.74) is 2.11. The summed E-state index contributed by atoms with van der Waals surface area (Å²) in [5.74, 6) is -0.725. The molecule has 1 aliphatic heterocycles. The van der Waals surface area contributed by atoms with Crippen LogP contribution in [0, 0.1) is 6.92 Å². The fourth-order valence-corrected chi connectivity index (χ4v) is 2.70. The standard InChI is InChI=1S/C19H18N2O5/c1-12-7-8-15-16(9-12)26-11-18(23)21(15)10-17(22)20-14-6-4-3-5-13(14)19(24)25-2/h3-9H,10-11H2,1-2H3,(H,20,22). The van der Waals surface area contributed by atoms with Crippen LogP contribution in [0.1, 0.15) is 15.9 Å². The summed E-state index contributed by atoms with van der Waals surface area (Å²) in [6.45, 7) is 1.61. The highest BCUT2D eigenvalue weighted by Crippen LogP contribution is 2.32. The molecular weight excluding hydrogens is 336 g/mol. The SMILES string of the molecule is COC(=O)c1ccccc1NC(=O)CN1C(=O)COc2cc(C)ccc21. The van der Waals surface area contributed by atoms with Gasteiger partial charge in [-0.2, -0.15) is 0 Å². The van der Waals surface area contributed by atoms with Crippen LogP contribution < -0.4 is 15.0 Å². The van der Waals surface area contributed by atoms with E-state index in [9.17, 15) is 14.4 Å². The third-order valence-corrected chi connectivity index (χ3v) is 3.97. The number of carbonyl (C=O) groups is 3. The highest BCUT2D eigenvalue weighted by Gasteiger charge is 2.27. The molecule has 2 aromatic rings. The molecule has 0 spiro atoms. The van der Waals surface area contributed by atoms with Crippen LogP contribution in [0.2, 0.25) is 0 Å². The van der Waals surface area contributed by atoms with Crippen LogP contribution in [-0.2, 0) is 14.3 Å². The first-order valence-corrected chi connectivity index (χ1v) is 8.00. The van der Waals surface area contributed by atoms with Gasteiger partial charge in [0.15, 0.2) is 6.61 Å². The molecule has 0 saturated carbocycles. The van der Waals surface area contributed by atoms with Gasteiger partial charge in [0, 0.05) is 0 Å². The minimum absolute atomic E-state index is 0.123. The van der Waals surface area contributed by atoms with E-state index in [1.54, 1.807) is 30.3 Å². The molecule has 0 fully saturated rings. The second-order valence-electron chi connectivity index (χ2n) is 5.83. The molecule has 0 atom stereocenters. The quantitative estimate of drug-likeness (QED) is 0.851. The van der Waals surface area contributed by atoms with Gasteiger partial charge < -0.3 is 14.8 Å². The predicted molar refractivity (Wildman–Crippen MR) is 95.4 cm³/mol. The highest BCUT2D eigenvalue weighted by molar-refractivity contribution is 6.07. The van der Waals surface area contributed by atoms with Crippen molar-refractivity contribution in [1.29, 1.82) is 0 Å². The van der Waals surface area contributed by atoms with Crippen molar-refractivity contribution in [3.05, 3.63) is 53.6 Å². The lowest BCUT2D eigenvalue weighted by molar-refractivity contribution is -0.123. The molecule has 0 aliphatic carbocycles. The van der Waals surface area contributed by atoms with Crippen molar-refractivity contribution in [1.82, 2.24) is 0 Å². The van der Waals surface area contributed by atoms with E-state index in [0.717, 1.165) is 5.56 Å². The molecule has 7 heteroatoms. The van der Waals surface area contributed by atoms with Crippen molar-refractivity contribution in [2.45, 2.75) is 6.92 Å². The summed E-state index contributed by atoms with van der Waals surface area (Å²) in [6.07, 6.45) is 0. The number of amides is 2. The lowest BCUT2D eigenvalue weighted by Crippen LogP contribution is -2.43. The number of nitrogens with zero attached hydrogens (tertiary/aromatic N) is 1. The first-order valence-electron chi connectivity index (χ1n) is 8.00. The zero-order valence-corrected chi connectivity index (χ0v) is 14.4. The molecule has 1 aliphatic rings. The van der Waals surface area contributed by atoms with Crippen LogP contribution in [0.3, 0.4) is 0 Å². The molecule has 0 unspecified atom stereocenters. The summed E-state index contributed by atoms with van der Waals surface area (Å²) >= 11 is 0. The summed E-state index contributed by atoms with van der Waals surface area (Å²) < 4.78 is 10.1. The number of anilines is 2. The van der Waals surface area contributed by atoms with E-state index in [1.165, 1.54) is 12.0 Å². The van der Waals surface area contributed by atoms with E-state index in [2.05, 4.69) is 5.32 Å². The minimum Gasteiger partial charge on any atom is -0.482 e. The largest absolute Gasteiger partial charge is 0.482 e. The van der Waals surface area contributed by atoms with Crippen molar-refractivity contribution >= 4 is 29.2 Å². The Morgan fingerprint density at radius 2 is 2.00 bits per heavy atom. The predicted octanol–water partition coefficient (Wildman–Crippen LogP) is 2.15. The molecule has 0 bridgehead atoms. The summed E-state index contributed by atoms with van der Waals surface area (Å²) in [7, 11) is 1.27. The van der Waals surface area contributed by atoms with Gasteiger partial charge >= 0.3 is 5.97 Å². The number of esters is 1. The Balaban J connectivity index is 1.79. The minimum atomic E-state index is -0.552. The second-order valence-corrected chi connectivity index (χ2v) is 5.83. The van der Waals surface area contributed by atoms with Crippen LogP contribution >= 0.6 is 0 Å². The molecule has 26 heavy (non-hydrogen) atoms. The van der Waals surface area contributed by atoms with E-state index in [4.69, 9.17) is 9.47 Å². The topological polar surface area (TPSA) is 84.9 Å². The number of ether oxygens (including phenoxy) is 2. The fourth-order valence-electron chi connectivity index (χ4n) is 2.70. The normalized spacial score (nSPS) is 12.8. The molecule has 0 radical (unpaired) electrons. The summed E-state index contributed by atoms with van der Waals surface area (Å²) in [4.78, 5) is 37.8. The maximum atomic E-state index is 12.5. The van der Waals surface area contributed by atoms with E-state index in [0.29, 0.717) is 17.1 Å². The van der Waals surface area contributed by atoms with Crippen molar-refractivity contribution in [3.8, 4) is 5.75 Å². The van der Waals surface area contributed by atoms with Gasteiger partial charge in [0.05, 0.1) is 24.0 Å². The van der Waals surface area contributed by atoms with Crippen LogP contribution in [0.25, 0.3) is 0 Å². The summed E-state index contributed by atoms with van der Waals surface area (Å²) in [6, 6.07) is 11.9. The third kappa shape index (κ3) is 3.51. The van der Waals surface area contributed by atoms with Crippen LogP contribution in [0.5, 0.6) is 5.75 Å². The number of carbonyl (C=O) groups excluding carboxylic acids is 3. The monoisotopic (exact) mass is 354 g/mol. The summed E-state index contributed by atoms with van der Waals surface area (Å²) in [5, 5.41) is 2.66. The van der Waals surface area contributed by atoms with Gasteiger partial charge in [-0.25, -0.2) is 4.79 Å². The molecular formula is C19H18N2O5. The molecule has 7 nitrogen and oxygen atoms in total. The molecule has 2 amide bonds. The van der Waals surface area contributed by atoms with Crippen LogP contribution in [0.15, 0.2) is 42.5 Å². The highest BCUT2D eigenvalue weighted by atomic mass is 16.5. The number of nitrogens with one attached hydrogen (secondary N) is 1. The zero-order valence-electron chi connectivity index (χ0n) is 14.4. The number of para-hydroxylation sites is 1. The molecule has 1 heterocycles. The number of fused-ring (bicyclic) bond motifs is 1. The Kier molecular flexibility index (Phi) is 4.88. The molecule has 1 N–H and O–H groups in total. The maximum Gasteiger partial charge on any atom is 0.339 e. The molecule has 0 aromatic heterocycles. The smallest absolute Gasteiger partial charge is 0.339 e. The van der Waals surface area contributed by atoms with Crippen molar-refractivity contribution in [2.24, 2.45) is 0 Å². The fraction of sp³-hybridized carbons (Fsp3) is 0.211. The Hall–Kier alpha value is -3.35. The number of hydrogen-bond donors (Lipinski definition) is 1.